The van der Waals surface area contributed by atoms with Crippen molar-refractivity contribution < 1.29 is 9.26 Å². The third kappa shape index (κ3) is 5.60. The average molecular weight is 428 g/mol. The van der Waals surface area contributed by atoms with Gasteiger partial charge in [0.25, 0.3) is 5.56 Å². The molecule has 3 rings (SSSR count). The largest absolute Gasteiger partial charge is 0.383 e. The molecule has 0 saturated carbocycles. The molecule has 0 saturated heterocycles. The van der Waals surface area contributed by atoms with Crippen molar-refractivity contribution in [2.24, 2.45) is 5.92 Å². The van der Waals surface area contributed by atoms with Crippen molar-refractivity contribution in [1.82, 2.24) is 19.7 Å². The topological polar surface area (TPSA) is 132 Å². The zero-order chi connectivity index (χ0) is 22.4. The first-order chi connectivity index (χ1) is 14.9. The smallest absolute Gasteiger partial charge is 0.330 e. The number of H-pyrrole nitrogens is 1. The number of methoxy groups -OCH3 is 1. The van der Waals surface area contributed by atoms with Crippen LogP contribution in [0.3, 0.4) is 0 Å². The number of ether oxygens (including phenoxy) is 1. The van der Waals surface area contributed by atoms with E-state index in [9.17, 15) is 9.59 Å². The number of aromatic nitrogens is 4. The number of benzene rings is 1. The fraction of sp³-hybridized carbons (Fsp3) is 0.429. The summed E-state index contributed by atoms with van der Waals surface area (Å²) in [5.74, 6) is 1.40. The van der Waals surface area contributed by atoms with Gasteiger partial charge in [0.15, 0.2) is 5.82 Å². The standard InChI is InChI=1S/C21H28N6O4/c1-14(2)11-17-23-16(25-31-17)13-26(9-10-30-3)18-19(22)27(21(29)24-20(18)28)12-15-7-5-4-6-8-15/h4-8,14H,9-13,22H2,1-3H3,(H,24,28,29). The number of nitrogens with two attached hydrogens (primary N) is 1. The van der Waals surface area contributed by atoms with E-state index in [1.54, 1.807) is 12.0 Å². The maximum absolute atomic E-state index is 12.7. The first-order valence-electron chi connectivity index (χ1n) is 10.1. The van der Waals surface area contributed by atoms with Crippen molar-refractivity contribution in [1.29, 1.82) is 0 Å². The van der Waals surface area contributed by atoms with Crippen molar-refractivity contribution in [2.75, 3.05) is 30.9 Å². The number of nitrogens with zero attached hydrogens (tertiary/aromatic N) is 4. The van der Waals surface area contributed by atoms with E-state index in [-0.39, 0.29) is 24.6 Å². The van der Waals surface area contributed by atoms with E-state index in [0.717, 1.165) is 5.56 Å². The zero-order valence-electron chi connectivity index (χ0n) is 18.0. The fourth-order valence-corrected chi connectivity index (χ4v) is 3.23. The Morgan fingerprint density at radius 1 is 1.26 bits per heavy atom. The SMILES string of the molecule is COCCN(Cc1noc(CC(C)C)n1)c1c(N)n(Cc2ccccc2)c(=O)[nH]c1=O. The van der Waals surface area contributed by atoms with Crippen LogP contribution in [0.4, 0.5) is 11.5 Å². The first kappa shape index (κ1) is 22.3. The van der Waals surface area contributed by atoms with E-state index < -0.39 is 11.2 Å². The molecule has 0 bridgehead atoms. The van der Waals surface area contributed by atoms with Gasteiger partial charge in [0.05, 0.1) is 19.7 Å². The van der Waals surface area contributed by atoms with E-state index in [1.807, 2.05) is 30.3 Å². The van der Waals surface area contributed by atoms with E-state index in [2.05, 4.69) is 29.0 Å². The van der Waals surface area contributed by atoms with Gasteiger partial charge in [-0.2, -0.15) is 4.98 Å². The Hall–Kier alpha value is -3.40. The number of hydrogen-bond donors (Lipinski definition) is 2. The fourth-order valence-electron chi connectivity index (χ4n) is 3.23. The van der Waals surface area contributed by atoms with Crippen molar-refractivity contribution >= 4 is 11.5 Å². The highest BCUT2D eigenvalue weighted by Gasteiger charge is 2.21. The average Bonchev–Trinajstić information content (AvgIpc) is 3.15. The number of nitrogen functional groups attached to an aromatic ring is 1. The Balaban J connectivity index is 1.96. The van der Waals surface area contributed by atoms with Gasteiger partial charge < -0.3 is 19.9 Å². The maximum atomic E-state index is 12.7. The zero-order valence-corrected chi connectivity index (χ0v) is 18.0. The summed E-state index contributed by atoms with van der Waals surface area (Å²) in [6.07, 6.45) is 0.662. The molecule has 0 unspecified atom stereocenters. The summed E-state index contributed by atoms with van der Waals surface area (Å²) >= 11 is 0. The quantitative estimate of drug-likeness (QED) is 0.495. The lowest BCUT2D eigenvalue weighted by molar-refractivity contribution is 0.204. The Morgan fingerprint density at radius 3 is 2.68 bits per heavy atom. The highest BCUT2D eigenvalue weighted by molar-refractivity contribution is 5.62. The molecule has 0 fully saturated rings. The van der Waals surface area contributed by atoms with E-state index in [0.29, 0.717) is 37.2 Å². The molecule has 2 heterocycles. The molecule has 0 amide bonds. The molecule has 1 aromatic carbocycles. The van der Waals surface area contributed by atoms with Gasteiger partial charge in [-0.3, -0.25) is 14.3 Å². The van der Waals surface area contributed by atoms with Gasteiger partial charge in [-0.1, -0.05) is 49.3 Å². The van der Waals surface area contributed by atoms with Gasteiger partial charge in [0.1, 0.15) is 11.5 Å². The summed E-state index contributed by atoms with van der Waals surface area (Å²) in [6, 6.07) is 9.40. The van der Waals surface area contributed by atoms with Crippen molar-refractivity contribution in [3.05, 3.63) is 68.4 Å². The van der Waals surface area contributed by atoms with Crippen molar-refractivity contribution in [2.45, 2.75) is 33.4 Å². The van der Waals surface area contributed by atoms with Crippen LogP contribution in [0, 0.1) is 5.92 Å². The molecule has 2 aromatic heterocycles. The van der Waals surface area contributed by atoms with Gasteiger partial charge >= 0.3 is 5.69 Å². The summed E-state index contributed by atoms with van der Waals surface area (Å²) in [4.78, 5) is 33.7. The molecule has 3 aromatic rings. The molecule has 10 nitrogen and oxygen atoms in total. The molecule has 31 heavy (non-hydrogen) atoms. The van der Waals surface area contributed by atoms with Gasteiger partial charge in [0.2, 0.25) is 5.89 Å². The number of hydrogen-bond acceptors (Lipinski definition) is 8. The molecule has 3 N–H and O–H groups in total. The molecule has 0 atom stereocenters. The van der Waals surface area contributed by atoms with Crippen LogP contribution in [0.2, 0.25) is 0 Å². The van der Waals surface area contributed by atoms with Crippen LogP contribution < -0.4 is 21.9 Å². The monoisotopic (exact) mass is 428 g/mol. The maximum Gasteiger partial charge on any atom is 0.330 e. The molecule has 0 spiro atoms. The van der Waals surface area contributed by atoms with Crippen LogP contribution in [0.5, 0.6) is 0 Å². The second kappa shape index (κ2) is 10.1. The molecule has 0 radical (unpaired) electrons. The highest BCUT2D eigenvalue weighted by atomic mass is 16.5. The lowest BCUT2D eigenvalue weighted by atomic mass is 10.1. The number of nitrogens with one attached hydrogen (secondary N) is 1. The van der Waals surface area contributed by atoms with Gasteiger partial charge in [-0.05, 0) is 11.5 Å². The normalized spacial score (nSPS) is 11.2. The predicted octanol–water partition coefficient (Wildman–Crippen LogP) is 1.40. The number of rotatable bonds is 10. The number of aromatic amines is 1. The molecule has 0 aliphatic rings. The summed E-state index contributed by atoms with van der Waals surface area (Å²) in [5.41, 5.74) is 6.24. The molecular weight excluding hydrogens is 400 g/mol. The minimum atomic E-state index is -0.575. The van der Waals surface area contributed by atoms with Crippen LogP contribution in [0.25, 0.3) is 0 Å². The predicted molar refractivity (Wildman–Crippen MR) is 117 cm³/mol. The van der Waals surface area contributed by atoms with Crippen molar-refractivity contribution in [3.63, 3.8) is 0 Å². The van der Waals surface area contributed by atoms with Gasteiger partial charge in [0, 0.05) is 20.1 Å². The third-order valence-corrected chi connectivity index (χ3v) is 4.70. The van der Waals surface area contributed by atoms with Crippen LogP contribution in [0.1, 0.15) is 31.1 Å². The van der Waals surface area contributed by atoms with Crippen LogP contribution in [-0.4, -0.2) is 40.0 Å². The molecular formula is C21H28N6O4. The van der Waals surface area contributed by atoms with Crippen LogP contribution in [0.15, 0.2) is 44.4 Å². The molecule has 0 aliphatic heterocycles. The Morgan fingerprint density at radius 2 is 2.00 bits per heavy atom. The van der Waals surface area contributed by atoms with Crippen molar-refractivity contribution in [3.8, 4) is 0 Å². The highest BCUT2D eigenvalue weighted by Crippen LogP contribution is 2.19. The summed E-state index contributed by atoms with van der Waals surface area (Å²) < 4.78 is 11.8. The van der Waals surface area contributed by atoms with E-state index >= 15 is 0 Å². The minimum absolute atomic E-state index is 0.0691. The summed E-state index contributed by atoms with van der Waals surface area (Å²) in [6.45, 7) is 5.22. The second-order valence-electron chi connectivity index (χ2n) is 7.68. The molecule has 10 heteroatoms. The summed E-state index contributed by atoms with van der Waals surface area (Å²) in [5, 5.41) is 4.02. The lowest BCUT2D eigenvalue weighted by Gasteiger charge is -2.24. The van der Waals surface area contributed by atoms with Crippen LogP contribution >= 0.6 is 0 Å². The minimum Gasteiger partial charge on any atom is -0.383 e. The lowest BCUT2D eigenvalue weighted by Crippen LogP contribution is -2.39. The Labute approximate surface area is 179 Å². The molecule has 166 valence electrons. The Bertz CT molecular complexity index is 1100. The number of anilines is 2. The first-order valence-corrected chi connectivity index (χ1v) is 10.1. The van der Waals surface area contributed by atoms with E-state index in [4.69, 9.17) is 15.0 Å². The molecule has 0 aliphatic carbocycles. The van der Waals surface area contributed by atoms with Gasteiger partial charge in [-0.25, -0.2) is 4.79 Å². The van der Waals surface area contributed by atoms with Crippen LogP contribution in [-0.2, 0) is 24.2 Å². The Kier molecular flexibility index (Phi) is 7.24. The second-order valence-corrected chi connectivity index (χ2v) is 7.68. The van der Waals surface area contributed by atoms with E-state index in [1.165, 1.54) is 4.57 Å². The third-order valence-electron chi connectivity index (χ3n) is 4.70. The van der Waals surface area contributed by atoms with Gasteiger partial charge in [-0.15, -0.1) is 0 Å². The summed E-state index contributed by atoms with van der Waals surface area (Å²) in [7, 11) is 1.57.